The first-order valence-corrected chi connectivity index (χ1v) is 13.0. The van der Waals surface area contributed by atoms with Crippen molar-refractivity contribution in [2.75, 3.05) is 36.0 Å². The number of hydrogen-bond acceptors (Lipinski definition) is 5. The summed E-state index contributed by atoms with van der Waals surface area (Å²) in [6.07, 6.45) is 4.93. The number of hydrazone groups is 1. The number of carbonyl (C=O) groups is 1. The number of anilines is 2. The highest BCUT2D eigenvalue weighted by Crippen LogP contribution is 2.33. The molecule has 2 saturated heterocycles. The first-order valence-electron chi connectivity index (χ1n) is 12.2. The molecular weight excluding hydrogens is 499 g/mol. The standard InChI is InChI=1S/C26H32ClFN6OS/c1-17-15-33(16-18(2)34(17)25(35)19-6-8-21(27)9-7-19)24-13-23(32-10-4-3-5-11-32)20(12-22(24)28)14-30-31-26(29)36/h6-9,12-14,17-18H,3-5,10-11,15-16H2,1-2H3,(H3,29,31,36)/t17-,18+. The third-order valence-corrected chi connectivity index (χ3v) is 7.10. The lowest BCUT2D eigenvalue weighted by molar-refractivity contribution is 0.0574. The zero-order valence-corrected chi connectivity index (χ0v) is 22.2. The fraction of sp³-hybridized carbons (Fsp3) is 0.423. The molecule has 2 fully saturated rings. The van der Waals surface area contributed by atoms with Crippen molar-refractivity contribution in [1.29, 1.82) is 0 Å². The van der Waals surface area contributed by atoms with Gasteiger partial charge in [0.25, 0.3) is 5.91 Å². The van der Waals surface area contributed by atoms with Crippen LogP contribution in [0.5, 0.6) is 0 Å². The minimum Gasteiger partial charge on any atom is -0.375 e. The molecular formula is C26H32ClFN6OS. The van der Waals surface area contributed by atoms with E-state index in [4.69, 9.17) is 29.6 Å². The molecule has 192 valence electrons. The number of nitrogens with one attached hydrogen (secondary N) is 1. The van der Waals surface area contributed by atoms with E-state index < -0.39 is 0 Å². The van der Waals surface area contributed by atoms with Gasteiger partial charge in [0.15, 0.2) is 5.11 Å². The van der Waals surface area contributed by atoms with E-state index in [9.17, 15) is 4.79 Å². The number of thiocarbonyl (C=S) groups is 1. The molecule has 0 aromatic heterocycles. The van der Waals surface area contributed by atoms with E-state index in [1.807, 2.05) is 29.7 Å². The molecule has 36 heavy (non-hydrogen) atoms. The molecule has 2 heterocycles. The summed E-state index contributed by atoms with van der Waals surface area (Å²) in [5.74, 6) is -0.373. The molecule has 2 aliphatic heterocycles. The molecule has 2 aliphatic rings. The van der Waals surface area contributed by atoms with Gasteiger partial charge in [-0.05, 0) is 81.7 Å². The van der Waals surface area contributed by atoms with Gasteiger partial charge in [-0.3, -0.25) is 10.2 Å². The van der Waals surface area contributed by atoms with Crippen molar-refractivity contribution in [3.63, 3.8) is 0 Å². The fourth-order valence-corrected chi connectivity index (χ4v) is 5.33. The van der Waals surface area contributed by atoms with Crippen LogP contribution in [-0.4, -0.2) is 60.4 Å². The van der Waals surface area contributed by atoms with Crippen LogP contribution in [0.1, 0.15) is 49.0 Å². The van der Waals surface area contributed by atoms with Crippen molar-refractivity contribution >= 4 is 52.4 Å². The van der Waals surface area contributed by atoms with Crippen molar-refractivity contribution < 1.29 is 9.18 Å². The number of piperidine rings is 1. The lowest BCUT2D eigenvalue weighted by Crippen LogP contribution is -2.59. The van der Waals surface area contributed by atoms with Crippen LogP contribution < -0.4 is 21.0 Å². The van der Waals surface area contributed by atoms with Crippen LogP contribution in [0.25, 0.3) is 0 Å². The summed E-state index contributed by atoms with van der Waals surface area (Å²) < 4.78 is 15.5. The average molecular weight is 531 g/mol. The maximum Gasteiger partial charge on any atom is 0.254 e. The Hall–Kier alpha value is -2.91. The molecule has 0 saturated carbocycles. The van der Waals surface area contributed by atoms with Crippen LogP contribution in [-0.2, 0) is 0 Å². The Balaban J connectivity index is 1.60. The smallest absolute Gasteiger partial charge is 0.254 e. The van der Waals surface area contributed by atoms with E-state index in [-0.39, 0.29) is 28.9 Å². The van der Waals surface area contributed by atoms with Gasteiger partial charge >= 0.3 is 0 Å². The summed E-state index contributed by atoms with van der Waals surface area (Å²) in [5, 5.41) is 4.71. The molecule has 0 unspecified atom stereocenters. The Morgan fingerprint density at radius 2 is 1.72 bits per heavy atom. The molecule has 0 spiro atoms. The average Bonchev–Trinajstić information content (AvgIpc) is 2.84. The summed E-state index contributed by atoms with van der Waals surface area (Å²) in [6, 6.07) is 10.2. The SMILES string of the molecule is C[C@@H]1CN(c2cc(N3CCCCC3)c(C=NNC(N)=S)cc2F)C[C@H](C)N1C(=O)c1ccc(Cl)cc1. The van der Waals surface area contributed by atoms with Crippen molar-refractivity contribution in [2.45, 2.75) is 45.2 Å². The molecule has 2 aromatic carbocycles. The summed E-state index contributed by atoms with van der Waals surface area (Å²) >= 11 is 10.8. The fourth-order valence-electron chi connectivity index (χ4n) is 5.15. The predicted octanol–water partition coefficient (Wildman–Crippen LogP) is 4.38. The number of carbonyl (C=O) groups excluding carboxylic acids is 1. The van der Waals surface area contributed by atoms with Crippen LogP contribution in [0.15, 0.2) is 41.5 Å². The topological polar surface area (TPSA) is 77.2 Å². The van der Waals surface area contributed by atoms with Crippen molar-refractivity contribution in [3.8, 4) is 0 Å². The second-order valence-corrected chi connectivity index (χ2v) is 10.3. The number of hydrogen-bond donors (Lipinski definition) is 2. The second-order valence-electron chi connectivity index (χ2n) is 9.47. The number of benzene rings is 2. The molecule has 0 radical (unpaired) electrons. The van der Waals surface area contributed by atoms with Gasteiger partial charge in [-0.15, -0.1) is 0 Å². The van der Waals surface area contributed by atoms with Crippen LogP contribution in [0, 0.1) is 5.82 Å². The molecule has 0 bridgehead atoms. The first-order chi connectivity index (χ1) is 17.2. The Kier molecular flexibility index (Phi) is 8.31. The zero-order chi connectivity index (χ0) is 25.8. The highest BCUT2D eigenvalue weighted by atomic mass is 35.5. The number of nitrogens with zero attached hydrogens (tertiary/aromatic N) is 4. The Morgan fingerprint density at radius 3 is 2.33 bits per heavy atom. The van der Waals surface area contributed by atoms with Crippen molar-refractivity contribution in [1.82, 2.24) is 10.3 Å². The van der Waals surface area contributed by atoms with Gasteiger partial charge in [-0.25, -0.2) is 4.39 Å². The summed E-state index contributed by atoms with van der Waals surface area (Å²) in [4.78, 5) is 19.4. The monoisotopic (exact) mass is 530 g/mol. The van der Waals surface area contributed by atoms with E-state index in [0.29, 0.717) is 34.9 Å². The molecule has 2 atom stereocenters. The highest BCUT2D eigenvalue weighted by molar-refractivity contribution is 7.80. The minimum absolute atomic E-state index is 0.0438. The van der Waals surface area contributed by atoms with E-state index in [1.54, 1.807) is 30.5 Å². The lowest BCUT2D eigenvalue weighted by Gasteiger charge is -2.45. The van der Waals surface area contributed by atoms with Crippen LogP contribution in [0.4, 0.5) is 15.8 Å². The molecule has 4 rings (SSSR count). The quantitative estimate of drug-likeness (QED) is 0.339. The predicted molar refractivity (Wildman–Crippen MR) is 149 cm³/mol. The minimum atomic E-state index is -0.329. The summed E-state index contributed by atoms with van der Waals surface area (Å²) in [5.41, 5.74) is 10.7. The third kappa shape index (κ3) is 5.90. The van der Waals surface area contributed by atoms with Gasteiger partial charge in [0.05, 0.1) is 11.9 Å². The lowest BCUT2D eigenvalue weighted by atomic mass is 10.0. The molecule has 1 amide bonds. The maximum atomic E-state index is 15.5. The van der Waals surface area contributed by atoms with E-state index in [1.165, 1.54) is 12.5 Å². The van der Waals surface area contributed by atoms with Gasteiger partial charge in [0, 0.05) is 60.1 Å². The largest absolute Gasteiger partial charge is 0.375 e. The van der Waals surface area contributed by atoms with E-state index in [0.717, 1.165) is 31.6 Å². The van der Waals surface area contributed by atoms with Crippen molar-refractivity contribution in [2.24, 2.45) is 10.8 Å². The van der Waals surface area contributed by atoms with Crippen LogP contribution >= 0.6 is 23.8 Å². The number of amides is 1. The van der Waals surface area contributed by atoms with Gasteiger partial charge in [-0.2, -0.15) is 5.10 Å². The van der Waals surface area contributed by atoms with Crippen LogP contribution in [0.2, 0.25) is 5.02 Å². The Morgan fingerprint density at radius 1 is 1.08 bits per heavy atom. The van der Waals surface area contributed by atoms with Gasteiger partial charge in [0.2, 0.25) is 0 Å². The van der Waals surface area contributed by atoms with Gasteiger partial charge in [-0.1, -0.05) is 11.6 Å². The number of piperazine rings is 1. The molecule has 7 nitrogen and oxygen atoms in total. The molecule has 10 heteroatoms. The Labute approximate surface area is 222 Å². The van der Waals surface area contributed by atoms with Gasteiger partial charge < -0.3 is 20.4 Å². The highest BCUT2D eigenvalue weighted by Gasteiger charge is 2.34. The molecule has 3 N–H and O–H groups in total. The number of nitrogens with two attached hydrogens (primary N) is 1. The van der Waals surface area contributed by atoms with Gasteiger partial charge in [0.1, 0.15) is 5.82 Å². The Bertz CT molecular complexity index is 1130. The molecule has 0 aliphatic carbocycles. The second kappa shape index (κ2) is 11.4. The number of halogens is 2. The molecule has 2 aromatic rings. The summed E-state index contributed by atoms with van der Waals surface area (Å²) in [7, 11) is 0. The summed E-state index contributed by atoms with van der Waals surface area (Å²) in [6.45, 7) is 6.87. The third-order valence-electron chi connectivity index (χ3n) is 6.76. The maximum absolute atomic E-state index is 15.5. The number of rotatable bonds is 5. The van der Waals surface area contributed by atoms with E-state index in [2.05, 4.69) is 15.4 Å². The normalized spacial score (nSPS) is 20.6. The van der Waals surface area contributed by atoms with Crippen LogP contribution in [0.3, 0.4) is 0 Å². The van der Waals surface area contributed by atoms with Crippen molar-refractivity contribution in [3.05, 3.63) is 58.4 Å². The van der Waals surface area contributed by atoms with E-state index >= 15 is 4.39 Å². The first kappa shape index (κ1) is 26.2. The zero-order valence-electron chi connectivity index (χ0n) is 20.6.